The van der Waals surface area contributed by atoms with Gasteiger partial charge >= 0.3 is 12.0 Å². The number of hydrogen-bond acceptors (Lipinski definition) is 8. The van der Waals surface area contributed by atoms with Gasteiger partial charge in [-0.1, -0.05) is 35.9 Å². The van der Waals surface area contributed by atoms with Crippen molar-refractivity contribution in [3.63, 3.8) is 0 Å². The summed E-state index contributed by atoms with van der Waals surface area (Å²) in [5.74, 6) is -0.674. The van der Waals surface area contributed by atoms with E-state index in [2.05, 4.69) is 20.8 Å². The lowest BCUT2D eigenvalue weighted by molar-refractivity contribution is -0.148. The minimum Gasteiger partial charge on any atom is -0.477 e. The highest BCUT2D eigenvalue weighted by Gasteiger charge is 2.54. The quantitative estimate of drug-likeness (QED) is 0.307. The second-order valence-electron chi connectivity index (χ2n) is 7.55. The number of fused-ring (bicyclic) bond motifs is 1. The van der Waals surface area contributed by atoms with Crippen LogP contribution in [-0.4, -0.2) is 72.5 Å². The van der Waals surface area contributed by atoms with Crippen molar-refractivity contribution in [2.75, 3.05) is 11.5 Å². The molecule has 3 N–H and O–H groups in total. The van der Waals surface area contributed by atoms with Crippen molar-refractivity contribution in [2.24, 2.45) is 0 Å². The van der Waals surface area contributed by atoms with Gasteiger partial charge in [0.05, 0.1) is 5.38 Å². The summed E-state index contributed by atoms with van der Waals surface area (Å²) in [5, 5.41) is 23.6. The largest absolute Gasteiger partial charge is 0.477 e. The normalized spacial score (nSPS) is 28.1. The molecule has 9 nitrogen and oxygen atoms in total. The van der Waals surface area contributed by atoms with Crippen LogP contribution in [0.15, 0.2) is 15.6 Å². The van der Waals surface area contributed by atoms with Crippen LogP contribution in [0.25, 0.3) is 0 Å². The number of carbonyl (C=O) groups is 3. The fourth-order valence-electron chi connectivity index (χ4n) is 3.88. The number of β-lactam (4-membered cyclic amide) rings is 1. The second-order valence-corrected chi connectivity index (χ2v) is 11.6. The highest BCUT2D eigenvalue weighted by atomic mass is 35.5. The number of urea groups is 1. The topological polar surface area (TPSA) is 125 Å². The Morgan fingerprint density at radius 2 is 2.06 bits per heavy atom. The van der Waals surface area contributed by atoms with Gasteiger partial charge in [0.15, 0.2) is 4.34 Å². The van der Waals surface area contributed by atoms with E-state index < -0.39 is 29.3 Å². The molecule has 3 heterocycles. The predicted octanol–water partition coefficient (Wildman–Crippen LogP) is 2.41. The number of aryl methyl sites for hydroxylation is 1. The van der Waals surface area contributed by atoms with Crippen LogP contribution >= 0.6 is 46.5 Å². The fraction of sp³-hybridized carbons (Fsp3) is 0.611. The van der Waals surface area contributed by atoms with E-state index in [1.807, 2.05) is 6.92 Å². The van der Waals surface area contributed by atoms with Crippen molar-refractivity contribution in [3.05, 3.63) is 16.3 Å². The van der Waals surface area contributed by atoms with Crippen molar-refractivity contribution in [2.45, 2.75) is 59.8 Å². The number of carboxylic acids is 1. The molecule has 0 aromatic carbocycles. The number of nitrogens with zero attached hydrogens (tertiary/aromatic N) is 3. The van der Waals surface area contributed by atoms with E-state index in [-0.39, 0.29) is 17.1 Å². The summed E-state index contributed by atoms with van der Waals surface area (Å²) >= 11 is 10.6. The monoisotopic (exact) mass is 503 g/mol. The van der Waals surface area contributed by atoms with Crippen LogP contribution < -0.4 is 10.6 Å². The van der Waals surface area contributed by atoms with E-state index in [4.69, 9.17) is 11.6 Å². The summed E-state index contributed by atoms with van der Waals surface area (Å²) in [4.78, 5) is 38.4. The number of nitrogens with one attached hydrogen (secondary N) is 2. The molecule has 2 aliphatic heterocycles. The Kier molecular flexibility index (Phi) is 6.99. The molecule has 4 rings (SSSR count). The molecule has 1 aromatic heterocycles. The van der Waals surface area contributed by atoms with E-state index >= 15 is 0 Å². The number of aromatic nitrogens is 2. The number of amides is 3. The van der Waals surface area contributed by atoms with Crippen LogP contribution in [0.5, 0.6) is 0 Å². The Labute approximate surface area is 196 Å². The Morgan fingerprint density at radius 1 is 1.29 bits per heavy atom. The van der Waals surface area contributed by atoms with Gasteiger partial charge in [0.2, 0.25) is 0 Å². The average Bonchev–Trinajstić information content (AvgIpc) is 3.16. The van der Waals surface area contributed by atoms with E-state index in [0.29, 0.717) is 17.1 Å². The molecule has 4 atom stereocenters. The minimum absolute atomic E-state index is 0.00838. The summed E-state index contributed by atoms with van der Waals surface area (Å²) < 4.78 is 0.758. The van der Waals surface area contributed by atoms with Gasteiger partial charge in [0.25, 0.3) is 5.91 Å². The van der Waals surface area contributed by atoms with Gasteiger partial charge in [-0.15, -0.1) is 33.6 Å². The van der Waals surface area contributed by atoms with Crippen molar-refractivity contribution in [3.8, 4) is 0 Å². The molecule has 168 valence electrons. The van der Waals surface area contributed by atoms with Crippen LogP contribution in [0, 0.1) is 6.92 Å². The minimum atomic E-state index is -1.14. The fourth-order valence-corrected chi connectivity index (χ4v) is 7.52. The van der Waals surface area contributed by atoms with Crippen LogP contribution in [0.2, 0.25) is 0 Å². The maximum Gasteiger partial charge on any atom is 0.352 e. The van der Waals surface area contributed by atoms with Gasteiger partial charge in [-0.2, -0.15) is 0 Å². The van der Waals surface area contributed by atoms with Crippen molar-refractivity contribution in [1.29, 1.82) is 0 Å². The van der Waals surface area contributed by atoms with E-state index in [1.165, 1.54) is 39.8 Å². The maximum absolute atomic E-state index is 12.7. The van der Waals surface area contributed by atoms with Gasteiger partial charge in [-0.25, -0.2) is 9.59 Å². The zero-order valence-corrected chi connectivity index (χ0v) is 19.9. The Bertz CT molecular complexity index is 926. The summed E-state index contributed by atoms with van der Waals surface area (Å²) in [6.45, 7) is 1.86. The molecule has 0 bridgehead atoms. The molecule has 1 saturated heterocycles. The highest BCUT2D eigenvalue weighted by Crippen LogP contribution is 2.41. The predicted molar refractivity (Wildman–Crippen MR) is 120 cm³/mol. The van der Waals surface area contributed by atoms with Crippen molar-refractivity contribution in [1.82, 2.24) is 25.7 Å². The summed E-state index contributed by atoms with van der Waals surface area (Å²) in [7, 11) is 0. The molecule has 0 radical (unpaired) electrons. The first-order valence-electron chi connectivity index (χ1n) is 9.89. The summed E-state index contributed by atoms with van der Waals surface area (Å²) in [6.07, 6.45) is 3.72. The zero-order chi connectivity index (χ0) is 22.1. The molecule has 31 heavy (non-hydrogen) atoms. The van der Waals surface area contributed by atoms with Gasteiger partial charge in [-0.05, 0) is 25.3 Å². The van der Waals surface area contributed by atoms with Crippen molar-refractivity contribution >= 4 is 64.4 Å². The Morgan fingerprint density at radius 3 is 2.74 bits per heavy atom. The Balaban J connectivity index is 1.39. The van der Waals surface area contributed by atoms with Gasteiger partial charge in [0.1, 0.15) is 22.1 Å². The molecule has 3 aliphatic rings. The van der Waals surface area contributed by atoms with Crippen LogP contribution in [-0.2, 0) is 9.59 Å². The lowest BCUT2D eigenvalue weighted by atomic mass is 9.95. The highest BCUT2D eigenvalue weighted by molar-refractivity contribution is 8.01. The van der Waals surface area contributed by atoms with Gasteiger partial charge in [0, 0.05) is 17.5 Å². The number of carboxylic acid groups (broad SMARTS) is 1. The maximum atomic E-state index is 12.7. The molecule has 1 saturated carbocycles. The van der Waals surface area contributed by atoms with E-state index in [9.17, 15) is 19.5 Å². The van der Waals surface area contributed by atoms with E-state index in [0.717, 1.165) is 35.0 Å². The molecular formula is C18H22ClN5O4S3. The number of alkyl halides is 1. The lowest BCUT2D eigenvalue weighted by Crippen LogP contribution is -2.71. The van der Waals surface area contributed by atoms with E-state index in [1.54, 1.807) is 0 Å². The molecule has 3 amide bonds. The molecule has 1 aliphatic carbocycles. The summed E-state index contributed by atoms with van der Waals surface area (Å²) in [5.41, 5.74) is 0.670. The molecule has 0 spiro atoms. The van der Waals surface area contributed by atoms with Crippen LogP contribution in [0.3, 0.4) is 0 Å². The molecule has 3 unspecified atom stereocenters. The Hall–Kier alpha value is -1.50. The number of hydrogen-bond donors (Lipinski definition) is 3. The summed E-state index contributed by atoms with van der Waals surface area (Å²) in [6, 6.07) is -1.32. The number of thioether (sulfide) groups is 2. The number of rotatable bonds is 6. The standard InChI is InChI=1S/C18H22ClN5O4S3/c1-8-22-23-18(31-8)30-7-9-6-29-15-12(14(25)24(15)13(9)16(26)27)21-17(28)20-11-5-3-2-4-10(11)19/h10-12,15H,2-7H2,1H3,(H,26,27)(H2,20,21,28)/t10?,11?,12?,15-/m0/s1. The van der Waals surface area contributed by atoms with Gasteiger partial charge < -0.3 is 15.7 Å². The third-order valence-electron chi connectivity index (χ3n) is 5.41. The SMILES string of the molecule is Cc1nnc(SCC2=C(C(=O)O)N3C(=O)C(NC(=O)NC4CCCCC4Cl)[C@@H]3SC2)s1. The van der Waals surface area contributed by atoms with Crippen molar-refractivity contribution < 1.29 is 19.5 Å². The average molecular weight is 504 g/mol. The second kappa shape index (κ2) is 9.55. The van der Waals surface area contributed by atoms with Crippen LogP contribution in [0.4, 0.5) is 4.79 Å². The van der Waals surface area contributed by atoms with Gasteiger partial charge in [-0.3, -0.25) is 9.69 Å². The third kappa shape index (κ3) is 4.81. The first kappa shape index (κ1) is 22.7. The first-order valence-corrected chi connectivity index (χ1v) is 13.2. The number of halogens is 1. The van der Waals surface area contributed by atoms with Crippen LogP contribution in [0.1, 0.15) is 30.7 Å². The third-order valence-corrected chi connectivity index (χ3v) is 9.33. The number of aliphatic carboxylic acids is 1. The molecule has 2 fully saturated rings. The molecule has 13 heteroatoms. The smallest absolute Gasteiger partial charge is 0.352 e. The number of carbonyl (C=O) groups excluding carboxylic acids is 2. The first-order chi connectivity index (χ1) is 14.8. The molecular weight excluding hydrogens is 482 g/mol. The lowest BCUT2D eigenvalue weighted by Gasteiger charge is -2.49. The zero-order valence-electron chi connectivity index (χ0n) is 16.7. The molecule has 1 aromatic rings.